The Morgan fingerprint density at radius 3 is 2.87 bits per heavy atom. The van der Waals surface area contributed by atoms with Crippen molar-refractivity contribution < 1.29 is 18.7 Å². The number of carbonyl (C=O) groups excluding carboxylic acids is 1. The van der Waals surface area contributed by atoms with Crippen LogP contribution in [-0.4, -0.2) is 35.7 Å². The normalized spacial score (nSPS) is 11.2. The molecule has 1 N–H and O–H groups in total. The molecule has 0 aliphatic carbocycles. The first kappa shape index (κ1) is 21.6. The van der Waals surface area contributed by atoms with Crippen LogP contribution in [0.4, 0.5) is 4.39 Å². The van der Waals surface area contributed by atoms with Gasteiger partial charge in [-0.15, -0.1) is 0 Å². The summed E-state index contributed by atoms with van der Waals surface area (Å²) in [5, 5.41) is 3.23. The predicted molar refractivity (Wildman–Crippen MR) is 116 cm³/mol. The van der Waals surface area contributed by atoms with Crippen LogP contribution in [-0.2, 0) is 18.3 Å². The molecule has 8 heteroatoms. The van der Waals surface area contributed by atoms with E-state index in [2.05, 4.69) is 10.3 Å². The Labute approximate surface area is 179 Å². The quantitative estimate of drug-likeness (QED) is 0.544. The molecule has 0 radical (unpaired) electrons. The first-order valence-electron chi connectivity index (χ1n) is 9.50. The number of methoxy groups -OCH3 is 1. The van der Waals surface area contributed by atoms with Crippen LogP contribution in [0.25, 0.3) is 17.1 Å². The van der Waals surface area contributed by atoms with E-state index in [0.717, 1.165) is 16.9 Å². The first-order valence-corrected chi connectivity index (χ1v) is 9.87. The third-order valence-electron chi connectivity index (χ3n) is 4.55. The summed E-state index contributed by atoms with van der Waals surface area (Å²) in [6.45, 7) is 2.73. The van der Waals surface area contributed by atoms with Gasteiger partial charge in [0, 0.05) is 26.1 Å². The van der Waals surface area contributed by atoms with E-state index in [9.17, 15) is 9.18 Å². The smallest absolute Gasteiger partial charge is 0.244 e. The molecular formula is C22H23ClFN3O3. The summed E-state index contributed by atoms with van der Waals surface area (Å²) in [5.74, 6) is 1.20. The molecular weight excluding hydrogens is 409 g/mol. The van der Waals surface area contributed by atoms with Crippen LogP contribution in [0, 0.1) is 5.82 Å². The van der Waals surface area contributed by atoms with Crippen molar-refractivity contribution in [3.8, 4) is 11.5 Å². The van der Waals surface area contributed by atoms with E-state index in [1.165, 1.54) is 25.3 Å². The number of carbonyl (C=O) groups is 1. The fourth-order valence-corrected chi connectivity index (χ4v) is 3.36. The molecule has 1 amide bonds. The molecule has 0 unspecified atom stereocenters. The van der Waals surface area contributed by atoms with Crippen molar-refractivity contribution in [1.82, 2.24) is 14.9 Å². The van der Waals surface area contributed by atoms with Gasteiger partial charge >= 0.3 is 0 Å². The number of amides is 1. The number of fused-ring (bicyclic) bond motifs is 1. The molecule has 0 aliphatic heterocycles. The summed E-state index contributed by atoms with van der Waals surface area (Å²) in [6, 6.07) is 7.93. The van der Waals surface area contributed by atoms with Gasteiger partial charge in [-0.05, 0) is 48.9 Å². The lowest BCUT2D eigenvalue weighted by molar-refractivity contribution is -0.116. The number of nitrogens with one attached hydrogen (secondary N) is 1. The van der Waals surface area contributed by atoms with Crippen LogP contribution in [0.3, 0.4) is 0 Å². The maximum Gasteiger partial charge on any atom is 0.244 e. The zero-order valence-corrected chi connectivity index (χ0v) is 17.8. The van der Waals surface area contributed by atoms with Crippen molar-refractivity contribution >= 4 is 34.6 Å². The number of benzene rings is 2. The molecule has 0 bridgehead atoms. The zero-order chi connectivity index (χ0) is 21.7. The number of rotatable bonds is 8. The van der Waals surface area contributed by atoms with Crippen LogP contribution in [0.1, 0.15) is 18.3 Å². The molecule has 6 nitrogen and oxygen atoms in total. The number of hydrogen-bond acceptors (Lipinski definition) is 4. The van der Waals surface area contributed by atoms with Gasteiger partial charge in [-0.3, -0.25) is 4.79 Å². The van der Waals surface area contributed by atoms with Crippen molar-refractivity contribution in [3.05, 3.63) is 58.6 Å². The molecule has 0 spiro atoms. The molecule has 0 atom stereocenters. The van der Waals surface area contributed by atoms with Crippen molar-refractivity contribution in [2.24, 2.45) is 7.05 Å². The average Bonchev–Trinajstić information content (AvgIpc) is 3.03. The Morgan fingerprint density at radius 1 is 1.33 bits per heavy atom. The summed E-state index contributed by atoms with van der Waals surface area (Å²) in [7, 11) is 3.36. The molecule has 3 aromatic rings. The lowest BCUT2D eigenvalue weighted by Crippen LogP contribution is -2.24. The molecule has 0 saturated heterocycles. The van der Waals surface area contributed by atoms with E-state index in [0.29, 0.717) is 41.7 Å². The third-order valence-corrected chi connectivity index (χ3v) is 4.83. The molecule has 1 heterocycles. The third kappa shape index (κ3) is 4.91. The van der Waals surface area contributed by atoms with Gasteiger partial charge in [0.25, 0.3) is 0 Å². The first-order chi connectivity index (χ1) is 14.4. The van der Waals surface area contributed by atoms with E-state index in [4.69, 9.17) is 21.1 Å². The standard InChI is InChI=1S/C22H23ClFN3O3/c1-4-30-22-16(23)11-14(12-19(22)29-3)5-8-21(28)25-10-9-20-26-17-7-6-15(24)13-18(17)27(20)2/h5-8,11-13H,4,9-10H2,1-3H3,(H,25,28)/b8-5+. The maximum absolute atomic E-state index is 13.4. The minimum absolute atomic E-state index is 0.246. The molecule has 0 fully saturated rings. The van der Waals surface area contributed by atoms with Gasteiger partial charge < -0.3 is 19.4 Å². The Bertz CT molecular complexity index is 1090. The monoisotopic (exact) mass is 431 g/mol. The van der Waals surface area contributed by atoms with Crippen LogP contribution in [0.2, 0.25) is 5.02 Å². The highest BCUT2D eigenvalue weighted by Crippen LogP contribution is 2.36. The van der Waals surface area contributed by atoms with E-state index < -0.39 is 0 Å². The lowest BCUT2D eigenvalue weighted by Gasteiger charge is -2.11. The van der Waals surface area contributed by atoms with Gasteiger partial charge in [-0.25, -0.2) is 9.37 Å². The summed E-state index contributed by atoms with van der Waals surface area (Å²) < 4.78 is 26.0. The van der Waals surface area contributed by atoms with Crippen LogP contribution in [0.15, 0.2) is 36.4 Å². The van der Waals surface area contributed by atoms with Crippen molar-refractivity contribution in [2.45, 2.75) is 13.3 Å². The molecule has 158 valence electrons. The highest BCUT2D eigenvalue weighted by atomic mass is 35.5. The molecule has 3 rings (SSSR count). The summed E-state index contributed by atoms with van der Waals surface area (Å²) in [4.78, 5) is 16.6. The number of ether oxygens (including phenoxy) is 2. The maximum atomic E-state index is 13.4. The second kappa shape index (κ2) is 9.63. The highest BCUT2D eigenvalue weighted by molar-refractivity contribution is 6.32. The van der Waals surface area contributed by atoms with E-state index in [1.54, 1.807) is 24.3 Å². The highest BCUT2D eigenvalue weighted by Gasteiger charge is 2.11. The second-order valence-corrected chi connectivity index (χ2v) is 6.97. The number of imidazole rings is 1. The Kier molecular flexibility index (Phi) is 6.95. The number of aromatic nitrogens is 2. The van der Waals surface area contributed by atoms with Crippen molar-refractivity contribution in [2.75, 3.05) is 20.3 Å². The van der Waals surface area contributed by atoms with Gasteiger partial charge in [-0.1, -0.05) is 11.6 Å². The Balaban J connectivity index is 1.60. The van der Waals surface area contributed by atoms with Gasteiger partial charge in [0.05, 0.1) is 29.8 Å². The van der Waals surface area contributed by atoms with Gasteiger partial charge in [0.15, 0.2) is 11.5 Å². The largest absolute Gasteiger partial charge is 0.493 e. The van der Waals surface area contributed by atoms with E-state index in [1.807, 2.05) is 18.5 Å². The SMILES string of the molecule is CCOc1c(Cl)cc(/C=C/C(=O)NCCc2nc3ccc(F)cc3n2C)cc1OC. The van der Waals surface area contributed by atoms with Crippen molar-refractivity contribution in [1.29, 1.82) is 0 Å². The molecule has 0 saturated carbocycles. The van der Waals surface area contributed by atoms with Gasteiger partial charge in [0.2, 0.25) is 5.91 Å². The summed E-state index contributed by atoms with van der Waals surface area (Å²) in [6.07, 6.45) is 3.60. The molecule has 0 aliphatic rings. The van der Waals surface area contributed by atoms with E-state index in [-0.39, 0.29) is 11.7 Å². The zero-order valence-electron chi connectivity index (χ0n) is 17.0. The van der Waals surface area contributed by atoms with E-state index >= 15 is 0 Å². The number of hydrogen-bond donors (Lipinski definition) is 1. The van der Waals surface area contributed by atoms with Crippen LogP contribution < -0.4 is 14.8 Å². The minimum Gasteiger partial charge on any atom is -0.493 e. The predicted octanol–water partition coefficient (Wildman–Crippen LogP) is 4.15. The van der Waals surface area contributed by atoms with Gasteiger partial charge in [-0.2, -0.15) is 0 Å². The number of nitrogens with zero attached hydrogens (tertiary/aromatic N) is 2. The molecule has 2 aromatic carbocycles. The summed E-state index contributed by atoms with van der Waals surface area (Å²) in [5.41, 5.74) is 2.16. The fourth-order valence-electron chi connectivity index (χ4n) is 3.09. The lowest BCUT2D eigenvalue weighted by atomic mass is 10.2. The molecule has 30 heavy (non-hydrogen) atoms. The average molecular weight is 432 g/mol. The van der Waals surface area contributed by atoms with Gasteiger partial charge in [0.1, 0.15) is 11.6 Å². The summed E-state index contributed by atoms with van der Waals surface area (Å²) >= 11 is 6.24. The second-order valence-electron chi connectivity index (χ2n) is 6.56. The van der Waals surface area contributed by atoms with Crippen molar-refractivity contribution in [3.63, 3.8) is 0 Å². The van der Waals surface area contributed by atoms with Crippen LogP contribution >= 0.6 is 11.6 Å². The fraction of sp³-hybridized carbons (Fsp3) is 0.273. The minimum atomic E-state index is -0.304. The number of aryl methyl sites for hydroxylation is 1. The number of halogens is 2. The molecule has 1 aromatic heterocycles. The topological polar surface area (TPSA) is 65.4 Å². The van der Waals surface area contributed by atoms with Crippen LogP contribution in [0.5, 0.6) is 11.5 Å². The Morgan fingerprint density at radius 2 is 2.13 bits per heavy atom. The Hall–Kier alpha value is -3.06.